The van der Waals surface area contributed by atoms with E-state index >= 15 is 0 Å². The van der Waals surface area contributed by atoms with E-state index in [4.69, 9.17) is 19.2 Å². The van der Waals surface area contributed by atoms with Gasteiger partial charge in [0.05, 0.1) is 41.8 Å². The van der Waals surface area contributed by atoms with E-state index in [1.165, 1.54) is 21.2 Å². The molecule has 0 saturated carbocycles. The Bertz CT molecular complexity index is 2290. The number of benzene rings is 1. The van der Waals surface area contributed by atoms with Crippen molar-refractivity contribution in [1.29, 1.82) is 0 Å². The molecule has 6 bridgehead atoms. The number of carbonyl (C=O) groups excluding carboxylic acids is 4. The molecule has 1 aromatic carbocycles. The van der Waals surface area contributed by atoms with Crippen LogP contribution in [0.25, 0.3) is 33.4 Å². The number of thiazole rings is 1. The van der Waals surface area contributed by atoms with Crippen molar-refractivity contribution in [3.05, 3.63) is 58.2 Å². The number of nitrogens with one attached hydrogen (secondary N) is 2. The van der Waals surface area contributed by atoms with Crippen LogP contribution in [0, 0.1) is 11.3 Å². The van der Waals surface area contributed by atoms with Crippen LogP contribution < -0.4 is 10.7 Å². The van der Waals surface area contributed by atoms with Crippen molar-refractivity contribution in [3.63, 3.8) is 0 Å². The van der Waals surface area contributed by atoms with Crippen molar-refractivity contribution in [3.8, 4) is 22.5 Å². The molecule has 0 aliphatic carbocycles. The molecule has 62 heavy (non-hydrogen) atoms. The number of rotatable bonds is 8. The molecule has 0 radical (unpaired) electrons. The quantitative estimate of drug-likeness (QED) is 0.201. The van der Waals surface area contributed by atoms with E-state index in [1.54, 1.807) is 25.3 Å². The van der Waals surface area contributed by atoms with Crippen LogP contribution in [0.5, 0.6) is 0 Å². The summed E-state index contributed by atoms with van der Waals surface area (Å²) < 4.78 is 19.9. The van der Waals surface area contributed by atoms with Gasteiger partial charge in [0, 0.05) is 92.0 Å². The molecular formula is C46H62N8O7S. The molecule has 6 heterocycles. The van der Waals surface area contributed by atoms with E-state index in [0.717, 1.165) is 44.5 Å². The van der Waals surface area contributed by atoms with E-state index in [9.17, 15) is 19.2 Å². The van der Waals surface area contributed by atoms with Crippen molar-refractivity contribution in [2.45, 2.75) is 111 Å². The van der Waals surface area contributed by atoms with E-state index in [1.807, 2.05) is 45.3 Å². The van der Waals surface area contributed by atoms with Gasteiger partial charge in [-0.3, -0.25) is 24.4 Å². The molecule has 2 saturated heterocycles. The molecule has 5 atom stereocenters. The molecule has 2 N–H and O–H groups in total. The standard InChI is InChI=1S/C46H62N8O7S/c1-10-53-38-14-13-30-20-32(38)33(41(53)34-23-47-16-15-31(34)29(5)59-9)22-46(6,7)26-61-44(57)35-12-11-17-54(50-35)43(56)36(21-39-48-37(30)25-62-39)49-42(55)40(27(2)3)51(8)45(58)52-18-19-60-28(4)24-52/h13-16,20,23,25,27-29,35-36,40,50H,10-12,17-19,21-22,24,26H2,1-9H3,(H,49,55)/t28-,29+,35+,36+,40+/m1/s1. The Morgan fingerprint density at radius 3 is 2.68 bits per heavy atom. The number of likely N-dealkylation sites (N-methyl/N-ethyl adjacent to an activating group) is 1. The number of fused-ring (bicyclic) bond motifs is 6. The zero-order valence-corrected chi connectivity index (χ0v) is 38.3. The van der Waals surface area contributed by atoms with Crippen LogP contribution in [0.15, 0.2) is 42.0 Å². The van der Waals surface area contributed by atoms with Gasteiger partial charge in [-0.25, -0.2) is 15.2 Å². The van der Waals surface area contributed by atoms with Crippen LogP contribution >= 0.6 is 11.3 Å². The third kappa shape index (κ3) is 9.38. The van der Waals surface area contributed by atoms with Gasteiger partial charge in [-0.05, 0) is 75.3 Å². The minimum atomic E-state index is -1.05. The van der Waals surface area contributed by atoms with Crippen molar-refractivity contribution < 1.29 is 33.4 Å². The first-order valence-electron chi connectivity index (χ1n) is 21.9. The van der Waals surface area contributed by atoms with Gasteiger partial charge in [-0.2, -0.15) is 0 Å². The summed E-state index contributed by atoms with van der Waals surface area (Å²) in [7, 11) is 3.34. The Morgan fingerprint density at radius 1 is 1.16 bits per heavy atom. The lowest BCUT2D eigenvalue weighted by Gasteiger charge is -2.38. The Labute approximate surface area is 368 Å². The highest BCUT2D eigenvalue weighted by molar-refractivity contribution is 7.10. The number of esters is 1. The predicted molar refractivity (Wildman–Crippen MR) is 238 cm³/mol. The highest BCUT2D eigenvalue weighted by atomic mass is 32.1. The Balaban J connectivity index is 1.29. The zero-order chi connectivity index (χ0) is 44.5. The van der Waals surface area contributed by atoms with Gasteiger partial charge in [-0.1, -0.05) is 33.8 Å². The minimum absolute atomic E-state index is 0.103. The summed E-state index contributed by atoms with van der Waals surface area (Å²) in [6.07, 6.45) is 5.14. The third-order valence-corrected chi connectivity index (χ3v) is 13.2. The maximum atomic E-state index is 14.6. The van der Waals surface area contributed by atoms with Crippen LogP contribution in [0.3, 0.4) is 0 Å². The van der Waals surface area contributed by atoms with Crippen LogP contribution in [0.1, 0.15) is 83.5 Å². The van der Waals surface area contributed by atoms with Crippen molar-refractivity contribution >= 4 is 46.1 Å². The summed E-state index contributed by atoms with van der Waals surface area (Å²) in [5.41, 5.74) is 9.55. The maximum absolute atomic E-state index is 14.6. The van der Waals surface area contributed by atoms with Gasteiger partial charge >= 0.3 is 12.0 Å². The smallest absolute Gasteiger partial charge is 0.324 e. The van der Waals surface area contributed by atoms with Crippen LogP contribution in [-0.2, 0) is 48.0 Å². The van der Waals surface area contributed by atoms with E-state index in [0.29, 0.717) is 57.1 Å². The number of hydrazine groups is 1. The van der Waals surface area contributed by atoms with Gasteiger partial charge in [-0.15, -0.1) is 11.3 Å². The Morgan fingerprint density at radius 2 is 1.95 bits per heavy atom. The molecule has 7 rings (SSSR count). The number of aryl methyl sites for hydroxylation is 1. The number of ether oxygens (including phenoxy) is 3. The highest BCUT2D eigenvalue weighted by Gasteiger charge is 2.39. The van der Waals surface area contributed by atoms with Gasteiger partial charge in [0.1, 0.15) is 18.1 Å². The zero-order valence-electron chi connectivity index (χ0n) is 37.5. The topological polar surface area (TPSA) is 160 Å². The number of pyridine rings is 1. The number of urea groups is 1. The monoisotopic (exact) mass is 870 g/mol. The summed E-state index contributed by atoms with van der Waals surface area (Å²) in [6.45, 7) is 16.5. The molecule has 3 aliphatic rings. The largest absolute Gasteiger partial charge is 0.464 e. The first-order chi connectivity index (χ1) is 29.6. The SMILES string of the molecule is CCn1c(-c2cnccc2[C@H](C)OC)c2c3cc(ccc31)-c1csc(n1)C[C@H](NC(=O)[C@H](C(C)C)N(C)C(=O)N1CCO[C@H](C)C1)C(=O)N1CCC[C@H](N1)C(=O)OCC(C)(C)C2. The number of cyclic esters (lactones) is 1. The minimum Gasteiger partial charge on any atom is -0.464 e. The fraction of sp³-hybridized carbons (Fsp3) is 0.565. The van der Waals surface area contributed by atoms with Gasteiger partial charge < -0.3 is 33.9 Å². The van der Waals surface area contributed by atoms with E-state index in [-0.39, 0.29) is 37.2 Å². The molecule has 4 amide bonds. The summed E-state index contributed by atoms with van der Waals surface area (Å²) >= 11 is 1.42. The van der Waals surface area contributed by atoms with E-state index in [2.05, 4.69) is 59.3 Å². The molecule has 0 unspecified atom stereocenters. The summed E-state index contributed by atoms with van der Waals surface area (Å²) in [4.78, 5) is 69.3. The number of hydrogen-bond acceptors (Lipinski definition) is 11. The van der Waals surface area contributed by atoms with Crippen LogP contribution in [0.4, 0.5) is 4.79 Å². The number of aromatic nitrogens is 3. The van der Waals surface area contributed by atoms with Crippen molar-refractivity contribution in [2.24, 2.45) is 11.3 Å². The second kappa shape index (κ2) is 18.8. The second-order valence-electron chi connectivity index (χ2n) is 18.0. The molecular weight excluding hydrogens is 809 g/mol. The van der Waals surface area contributed by atoms with E-state index < -0.39 is 41.3 Å². The summed E-state index contributed by atoms with van der Waals surface area (Å²) in [5.74, 6) is -1.56. The first kappa shape index (κ1) is 45.1. The lowest BCUT2D eigenvalue weighted by Crippen LogP contribution is -2.62. The highest BCUT2D eigenvalue weighted by Crippen LogP contribution is 2.42. The number of carbonyl (C=O) groups is 4. The van der Waals surface area contributed by atoms with Crippen LogP contribution in [0.2, 0.25) is 0 Å². The summed E-state index contributed by atoms with van der Waals surface area (Å²) in [5, 5.41) is 8.17. The number of morpholine rings is 1. The van der Waals surface area contributed by atoms with Crippen LogP contribution in [-0.4, -0.2) is 124 Å². The number of nitrogens with zero attached hydrogens (tertiary/aromatic N) is 6. The molecule has 4 aromatic rings. The van der Waals surface area contributed by atoms with Gasteiger partial charge in [0.25, 0.3) is 5.91 Å². The average Bonchev–Trinajstić information content (AvgIpc) is 3.85. The fourth-order valence-corrected chi connectivity index (χ4v) is 9.96. The second-order valence-corrected chi connectivity index (χ2v) is 19.0. The number of amides is 4. The number of hydrogen-bond donors (Lipinski definition) is 2. The third-order valence-electron chi connectivity index (χ3n) is 12.4. The Hall–Kier alpha value is -4.90. The molecule has 16 heteroatoms. The normalized spacial score (nSPS) is 21.9. The first-order valence-corrected chi connectivity index (χ1v) is 22.7. The molecule has 0 spiro atoms. The van der Waals surface area contributed by atoms with Crippen molar-refractivity contribution in [2.75, 3.05) is 47.0 Å². The van der Waals surface area contributed by atoms with Gasteiger partial charge in [0.2, 0.25) is 5.91 Å². The Kier molecular flexibility index (Phi) is 13.7. The van der Waals surface area contributed by atoms with Crippen molar-refractivity contribution in [1.82, 2.24) is 40.1 Å². The summed E-state index contributed by atoms with van der Waals surface area (Å²) in [6, 6.07) is 5.45. The molecule has 334 valence electrons. The lowest BCUT2D eigenvalue weighted by molar-refractivity contribution is -0.155. The number of methoxy groups -OCH3 is 1. The predicted octanol–water partition coefficient (Wildman–Crippen LogP) is 6.00. The molecule has 2 fully saturated rings. The maximum Gasteiger partial charge on any atom is 0.324 e. The molecule has 3 aliphatic heterocycles. The molecule has 3 aromatic heterocycles. The molecule has 15 nitrogen and oxygen atoms in total. The van der Waals surface area contributed by atoms with Gasteiger partial charge in [0.15, 0.2) is 0 Å². The lowest BCUT2D eigenvalue weighted by atomic mass is 9.84. The average molecular weight is 871 g/mol. The fourth-order valence-electron chi connectivity index (χ4n) is 9.11.